The molecule has 0 radical (unpaired) electrons. The molecule has 0 atom stereocenters. The summed E-state index contributed by atoms with van der Waals surface area (Å²) in [7, 11) is 2.00. The Bertz CT molecular complexity index is 542. The molecule has 2 aromatic rings. The minimum absolute atomic E-state index is 0.369. The maximum Gasteiger partial charge on any atom is 0.130 e. The maximum atomic E-state index is 6.46. The fourth-order valence-corrected chi connectivity index (χ4v) is 2.44. The second-order valence-electron chi connectivity index (χ2n) is 4.63. The number of imidazole rings is 1. The third kappa shape index (κ3) is 1.62. The standard InChI is InChI=1S/C12H16N4O/c1-16-10-8-14-5-2-9(10)15-11(16)12(13)3-6-17-7-4-12/h2,5,8H,3-4,6-7,13H2,1H3. The summed E-state index contributed by atoms with van der Waals surface area (Å²) < 4.78 is 7.42. The van der Waals surface area contributed by atoms with Crippen molar-refractivity contribution in [3.05, 3.63) is 24.3 Å². The number of rotatable bonds is 1. The molecule has 1 fully saturated rings. The summed E-state index contributed by atoms with van der Waals surface area (Å²) >= 11 is 0. The van der Waals surface area contributed by atoms with E-state index >= 15 is 0 Å². The maximum absolute atomic E-state index is 6.46. The average molecular weight is 232 g/mol. The summed E-state index contributed by atoms with van der Waals surface area (Å²) in [6.45, 7) is 1.41. The zero-order valence-electron chi connectivity index (χ0n) is 9.89. The van der Waals surface area contributed by atoms with Crippen molar-refractivity contribution in [2.45, 2.75) is 18.4 Å². The van der Waals surface area contributed by atoms with Crippen LogP contribution >= 0.6 is 0 Å². The number of pyridine rings is 1. The van der Waals surface area contributed by atoms with Gasteiger partial charge in [-0.25, -0.2) is 4.98 Å². The van der Waals surface area contributed by atoms with Gasteiger partial charge in [0.1, 0.15) is 5.82 Å². The van der Waals surface area contributed by atoms with Crippen LogP contribution in [-0.2, 0) is 17.3 Å². The second kappa shape index (κ2) is 3.78. The molecule has 2 N–H and O–H groups in total. The lowest BCUT2D eigenvalue weighted by Gasteiger charge is -2.32. The predicted octanol–water partition coefficient (Wildman–Crippen LogP) is 0.933. The van der Waals surface area contributed by atoms with E-state index in [4.69, 9.17) is 10.5 Å². The highest BCUT2D eigenvalue weighted by atomic mass is 16.5. The Morgan fingerprint density at radius 1 is 1.41 bits per heavy atom. The fourth-order valence-electron chi connectivity index (χ4n) is 2.44. The van der Waals surface area contributed by atoms with Crippen LogP contribution in [0.15, 0.2) is 18.5 Å². The van der Waals surface area contributed by atoms with Crippen molar-refractivity contribution in [3.63, 3.8) is 0 Å². The van der Waals surface area contributed by atoms with Crippen LogP contribution in [0.25, 0.3) is 11.0 Å². The molecule has 0 amide bonds. The van der Waals surface area contributed by atoms with E-state index in [1.807, 2.05) is 23.9 Å². The predicted molar refractivity (Wildman–Crippen MR) is 64.4 cm³/mol. The Morgan fingerprint density at radius 2 is 2.18 bits per heavy atom. The molecule has 1 aliphatic heterocycles. The third-order valence-electron chi connectivity index (χ3n) is 3.51. The van der Waals surface area contributed by atoms with Crippen molar-refractivity contribution in [3.8, 4) is 0 Å². The van der Waals surface area contributed by atoms with Gasteiger partial charge < -0.3 is 15.0 Å². The normalized spacial score (nSPS) is 19.6. The molecule has 2 aromatic heterocycles. The summed E-state index contributed by atoms with van der Waals surface area (Å²) in [4.78, 5) is 8.78. The fraction of sp³-hybridized carbons (Fsp3) is 0.500. The monoisotopic (exact) mass is 232 g/mol. The number of nitrogens with zero attached hydrogens (tertiary/aromatic N) is 3. The van der Waals surface area contributed by atoms with Crippen molar-refractivity contribution in [1.29, 1.82) is 0 Å². The number of aromatic nitrogens is 3. The van der Waals surface area contributed by atoms with Crippen molar-refractivity contribution >= 4 is 11.0 Å². The number of aryl methyl sites for hydroxylation is 1. The first kappa shape index (κ1) is 10.7. The molecular weight excluding hydrogens is 216 g/mol. The first-order valence-electron chi connectivity index (χ1n) is 5.84. The van der Waals surface area contributed by atoms with E-state index in [-0.39, 0.29) is 5.54 Å². The molecule has 1 aliphatic rings. The van der Waals surface area contributed by atoms with Gasteiger partial charge in [-0.05, 0) is 18.9 Å². The van der Waals surface area contributed by atoms with Crippen LogP contribution in [0.4, 0.5) is 0 Å². The number of fused-ring (bicyclic) bond motifs is 1. The van der Waals surface area contributed by atoms with E-state index in [1.54, 1.807) is 6.20 Å². The van der Waals surface area contributed by atoms with Gasteiger partial charge in [-0.1, -0.05) is 0 Å². The van der Waals surface area contributed by atoms with E-state index in [9.17, 15) is 0 Å². The van der Waals surface area contributed by atoms with Gasteiger partial charge in [-0.2, -0.15) is 0 Å². The molecule has 0 spiro atoms. The molecule has 5 heteroatoms. The lowest BCUT2D eigenvalue weighted by atomic mass is 9.90. The van der Waals surface area contributed by atoms with Crippen LogP contribution in [0, 0.1) is 0 Å². The van der Waals surface area contributed by atoms with Gasteiger partial charge in [0, 0.05) is 26.5 Å². The van der Waals surface area contributed by atoms with Crippen molar-refractivity contribution in [2.75, 3.05) is 13.2 Å². The zero-order chi connectivity index (χ0) is 11.9. The lowest BCUT2D eigenvalue weighted by molar-refractivity contribution is 0.0484. The minimum atomic E-state index is -0.369. The summed E-state index contributed by atoms with van der Waals surface area (Å²) in [5.74, 6) is 0.934. The van der Waals surface area contributed by atoms with Gasteiger partial charge in [0.05, 0.1) is 22.8 Å². The van der Waals surface area contributed by atoms with Crippen molar-refractivity contribution in [1.82, 2.24) is 14.5 Å². The van der Waals surface area contributed by atoms with Crippen LogP contribution in [-0.4, -0.2) is 27.7 Å². The molecule has 17 heavy (non-hydrogen) atoms. The second-order valence-corrected chi connectivity index (χ2v) is 4.63. The summed E-state index contributed by atoms with van der Waals surface area (Å²) in [6, 6.07) is 1.92. The van der Waals surface area contributed by atoms with Gasteiger partial charge in [0.2, 0.25) is 0 Å². The highest BCUT2D eigenvalue weighted by Crippen LogP contribution is 2.30. The van der Waals surface area contributed by atoms with Gasteiger partial charge in [0.15, 0.2) is 0 Å². The lowest BCUT2D eigenvalue weighted by Crippen LogP contribution is -2.44. The van der Waals surface area contributed by atoms with Crippen LogP contribution in [0.1, 0.15) is 18.7 Å². The molecule has 3 heterocycles. The molecule has 0 aromatic carbocycles. The average Bonchev–Trinajstić information content (AvgIpc) is 2.69. The third-order valence-corrected chi connectivity index (χ3v) is 3.51. The minimum Gasteiger partial charge on any atom is -0.381 e. The van der Waals surface area contributed by atoms with E-state index in [0.717, 1.165) is 29.7 Å². The van der Waals surface area contributed by atoms with Crippen molar-refractivity contribution in [2.24, 2.45) is 12.8 Å². The smallest absolute Gasteiger partial charge is 0.130 e. The van der Waals surface area contributed by atoms with Gasteiger partial charge in [0.25, 0.3) is 0 Å². The number of hydrogen-bond donors (Lipinski definition) is 1. The Labute approximate surface area is 99.6 Å². The Balaban J connectivity index is 2.13. The summed E-state index contributed by atoms with van der Waals surface area (Å²) in [6.07, 6.45) is 5.22. The van der Waals surface area contributed by atoms with Crippen LogP contribution in [0.2, 0.25) is 0 Å². The highest BCUT2D eigenvalue weighted by molar-refractivity contribution is 5.74. The van der Waals surface area contributed by atoms with E-state index in [0.29, 0.717) is 13.2 Å². The van der Waals surface area contributed by atoms with Crippen LogP contribution in [0.3, 0.4) is 0 Å². The first-order valence-corrected chi connectivity index (χ1v) is 5.84. The number of hydrogen-bond acceptors (Lipinski definition) is 4. The Morgan fingerprint density at radius 3 is 2.88 bits per heavy atom. The Kier molecular flexibility index (Phi) is 2.38. The van der Waals surface area contributed by atoms with Crippen LogP contribution in [0.5, 0.6) is 0 Å². The quantitative estimate of drug-likeness (QED) is 0.794. The number of nitrogens with two attached hydrogens (primary N) is 1. The molecule has 0 aliphatic carbocycles. The SMILES string of the molecule is Cn1c(C2(N)CCOCC2)nc2ccncc21. The van der Waals surface area contributed by atoms with E-state index in [1.165, 1.54) is 0 Å². The molecule has 0 unspecified atom stereocenters. The molecule has 0 saturated carbocycles. The molecule has 90 valence electrons. The molecule has 1 saturated heterocycles. The molecular formula is C12H16N4O. The molecule has 3 rings (SSSR count). The summed E-state index contributed by atoms with van der Waals surface area (Å²) in [5.41, 5.74) is 8.07. The van der Waals surface area contributed by atoms with E-state index < -0.39 is 0 Å². The van der Waals surface area contributed by atoms with Crippen molar-refractivity contribution < 1.29 is 4.74 Å². The first-order chi connectivity index (χ1) is 8.21. The van der Waals surface area contributed by atoms with E-state index in [2.05, 4.69) is 9.97 Å². The van der Waals surface area contributed by atoms with Gasteiger partial charge in [-0.15, -0.1) is 0 Å². The number of ether oxygens (including phenoxy) is 1. The zero-order valence-corrected chi connectivity index (χ0v) is 9.89. The topological polar surface area (TPSA) is 66.0 Å². The van der Waals surface area contributed by atoms with Gasteiger partial charge >= 0.3 is 0 Å². The van der Waals surface area contributed by atoms with Gasteiger partial charge in [-0.3, -0.25) is 4.98 Å². The van der Waals surface area contributed by atoms with Crippen LogP contribution < -0.4 is 5.73 Å². The largest absolute Gasteiger partial charge is 0.381 e. The highest BCUT2D eigenvalue weighted by Gasteiger charge is 2.34. The summed E-state index contributed by atoms with van der Waals surface area (Å²) in [5, 5.41) is 0. The molecule has 5 nitrogen and oxygen atoms in total. The Hall–Kier alpha value is -1.46. The molecule has 0 bridgehead atoms.